The highest BCUT2D eigenvalue weighted by molar-refractivity contribution is 5.99. The smallest absolute Gasteiger partial charge is 0.236 e. The molecule has 1 aromatic rings. The lowest BCUT2D eigenvalue weighted by Gasteiger charge is -2.42. The first kappa shape index (κ1) is 21.6. The van der Waals surface area contributed by atoms with Crippen molar-refractivity contribution >= 4 is 17.7 Å². The molecule has 1 saturated carbocycles. The average Bonchev–Trinajstić information content (AvgIpc) is 2.78. The van der Waals surface area contributed by atoms with E-state index in [1.54, 1.807) is 7.11 Å². The molecule has 0 bridgehead atoms. The second kappa shape index (κ2) is 9.23. The van der Waals surface area contributed by atoms with E-state index in [0.29, 0.717) is 31.3 Å². The molecule has 4 N–H and O–H groups in total. The highest BCUT2D eigenvalue weighted by Crippen LogP contribution is 2.39. The van der Waals surface area contributed by atoms with E-state index in [-0.39, 0.29) is 36.5 Å². The lowest BCUT2D eigenvalue weighted by atomic mass is 9.83. The van der Waals surface area contributed by atoms with Crippen LogP contribution in [0.2, 0.25) is 0 Å². The summed E-state index contributed by atoms with van der Waals surface area (Å²) in [6.45, 7) is 2.87. The number of hydrogen-bond donors (Lipinski definition) is 3. The van der Waals surface area contributed by atoms with E-state index < -0.39 is 0 Å². The summed E-state index contributed by atoms with van der Waals surface area (Å²) < 4.78 is 10.9. The van der Waals surface area contributed by atoms with Gasteiger partial charge in [0.15, 0.2) is 5.88 Å². The van der Waals surface area contributed by atoms with Crippen LogP contribution >= 0.6 is 0 Å². The molecule has 1 unspecified atom stereocenters. The van der Waals surface area contributed by atoms with Crippen LogP contribution in [0.4, 0.5) is 11.8 Å². The number of methoxy groups -OCH3 is 1. The number of nitrogen functional groups attached to an aromatic ring is 1. The third-order valence-electron chi connectivity index (χ3n) is 6.42. The molecule has 1 aromatic heterocycles. The van der Waals surface area contributed by atoms with Crippen LogP contribution in [-0.2, 0) is 20.7 Å². The van der Waals surface area contributed by atoms with E-state index >= 15 is 0 Å². The highest BCUT2D eigenvalue weighted by Gasteiger charge is 2.41. The maximum absolute atomic E-state index is 13.8. The number of aromatic nitrogens is 2. The Morgan fingerprint density at radius 3 is 2.68 bits per heavy atom. The zero-order valence-electron chi connectivity index (χ0n) is 18.1. The summed E-state index contributed by atoms with van der Waals surface area (Å²) in [5, 5.41) is 12.2. The quantitative estimate of drug-likeness (QED) is 0.617. The summed E-state index contributed by atoms with van der Waals surface area (Å²) in [5.74, 6) is 1.33. The van der Waals surface area contributed by atoms with Crippen molar-refractivity contribution in [3.05, 3.63) is 34.9 Å². The van der Waals surface area contributed by atoms with Crippen molar-refractivity contribution in [3.63, 3.8) is 0 Å². The Labute approximate surface area is 182 Å². The number of aliphatic hydroxyl groups excluding tert-OH is 1. The molecule has 3 heterocycles. The van der Waals surface area contributed by atoms with E-state index in [4.69, 9.17) is 20.3 Å². The minimum absolute atomic E-state index is 0.0252. The van der Waals surface area contributed by atoms with Gasteiger partial charge < -0.3 is 25.6 Å². The molecule has 1 fully saturated rings. The number of hydrogen-bond acceptors (Lipinski definition) is 8. The number of nitrogens with zero attached hydrogens (tertiary/aromatic N) is 3. The number of aryl methyl sites for hydroxylation is 1. The van der Waals surface area contributed by atoms with Crippen molar-refractivity contribution in [3.8, 4) is 0 Å². The molecule has 1 atom stereocenters. The minimum atomic E-state index is -0.274. The van der Waals surface area contributed by atoms with Crippen molar-refractivity contribution in [2.45, 2.75) is 51.2 Å². The molecule has 0 spiro atoms. The maximum Gasteiger partial charge on any atom is 0.236 e. The molecule has 9 nitrogen and oxygen atoms in total. The van der Waals surface area contributed by atoms with Crippen LogP contribution in [0.25, 0.3) is 0 Å². The molecule has 3 aliphatic rings. The highest BCUT2D eigenvalue weighted by atomic mass is 16.5. The van der Waals surface area contributed by atoms with Crippen molar-refractivity contribution in [2.24, 2.45) is 5.92 Å². The molecule has 2 aliphatic heterocycles. The Kier molecular flexibility index (Phi) is 6.43. The fourth-order valence-corrected chi connectivity index (χ4v) is 4.81. The summed E-state index contributed by atoms with van der Waals surface area (Å²) in [6.07, 6.45) is 7.87. The summed E-state index contributed by atoms with van der Waals surface area (Å²) in [4.78, 5) is 24.5. The van der Waals surface area contributed by atoms with E-state index in [0.717, 1.165) is 42.5 Å². The Morgan fingerprint density at radius 1 is 1.26 bits per heavy atom. The summed E-state index contributed by atoms with van der Waals surface area (Å²) in [5.41, 5.74) is 8.79. The van der Waals surface area contributed by atoms with Gasteiger partial charge in [-0.15, -0.1) is 0 Å². The minimum Gasteiger partial charge on any atom is -0.483 e. The molecule has 1 aliphatic carbocycles. The third-order valence-corrected chi connectivity index (χ3v) is 6.42. The second-order valence-corrected chi connectivity index (χ2v) is 8.29. The number of fused-ring (bicyclic) bond motifs is 1. The SMILES string of the molecule is COC1=CC=C(C2Cc3c(C)nc(N)nc3N(C3CCC(OCCO)CC3)C2=O)CN1. The Morgan fingerprint density at radius 2 is 2.03 bits per heavy atom. The Balaban J connectivity index is 1.63. The summed E-state index contributed by atoms with van der Waals surface area (Å²) >= 11 is 0. The summed E-state index contributed by atoms with van der Waals surface area (Å²) in [6, 6.07) is 0.0407. The van der Waals surface area contributed by atoms with Crippen LogP contribution < -0.4 is 16.0 Å². The van der Waals surface area contributed by atoms with Crippen molar-refractivity contribution in [2.75, 3.05) is 37.5 Å². The monoisotopic (exact) mass is 429 g/mol. The molecular formula is C22H31N5O4. The van der Waals surface area contributed by atoms with Crippen LogP contribution in [0.5, 0.6) is 0 Å². The van der Waals surface area contributed by atoms with E-state index in [9.17, 15) is 4.79 Å². The van der Waals surface area contributed by atoms with Gasteiger partial charge in [-0.05, 0) is 50.7 Å². The number of carbonyl (C=O) groups is 1. The number of carbonyl (C=O) groups excluding carboxylic acids is 1. The normalized spacial score (nSPS) is 26.0. The molecule has 0 aromatic carbocycles. The molecule has 9 heteroatoms. The van der Waals surface area contributed by atoms with Gasteiger partial charge >= 0.3 is 0 Å². The molecule has 0 saturated heterocycles. The number of rotatable bonds is 6. The molecule has 1 amide bonds. The van der Waals surface area contributed by atoms with E-state index in [1.807, 2.05) is 24.0 Å². The van der Waals surface area contributed by atoms with Crippen LogP contribution in [-0.4, -0.2) is 60.0 Å². The number of nitrogens with one attached hydrogen (secondary N) is 1. The number of aliphatic hydroxyl groups is 1. The van der Waals surface area contributed by atoms with Gasteiger partial charge in [0.25, 0.3) is 0 Å². The largest absolute Gasteiger partial charge is 0.483 e. The predicted molar refractivity (Wildman–Crippen MR) is 116 cm³/mol. The van der Waals surface area contributed by atoms with Gasteiger partial charge in [0.2, 0.25) is 11.9 Å². The van der Waals surface area contributed by atoms with Gasteiger partial charge in [-0.2, -0.15) is 4.98 Å². The first-order valence-electron chi connectivity index (χ1n) is 10.9. The zero-order valence-corrected chi connectivity index (χ0v) is 18.1. The molecule has 4 rings (SSSR count). The van der Waals surface area contributed by atoms with Gasteiger partial charge in [-0.3, -0.25) is 9.69 Å². The first-order valence-corrected chi connectivity index (χ1v) is 10.9. The van der Waals surface area contributed by atoms with Crippen LogP contribution in [0.1, 0.15) is 36.9 Å². The van der Waals surface area contributed by atoms with E-state index in [1.165, 1.54) is 0 Å². The van der Waals surface area contributed by atoms with Crippen LogP contribution in [0.3, 0.4) is 0 Å². The number of amides is 1. The Hall–Kier alpha value is -2.65. The van der Waals surface area contributed by atoms with Gasteiger partial charge in [0, 0.05) is 23.8 Å². The average molecular weight is 430 g/mol. The van der Waals surface area contributed by atoms with Crippen LogP contribution in [0, 0.1) is 12.8 Å². The Bertz CT molecular complexity index is 892. The first-order chi connectivity index (χ1) is 15.0. The number of dihydropyridines is 1. The number of nitrogens with two attached hydrogens (primary N) is 1. The molecule has 31 heavy (non-hydrogen) atoms. The van der Waals surface area contributed by atoms with Crippen molar-refractivity contribution < 1.29 is 19.4 Å². The molecular weight excluding hydrogens is 398 g/mol. The summed E-state index contributed by atoms with van der Waals surface area (Å²) in [7, 11) is 1.62. The van der Waals surface area contributed by atoms with E-state index in [2.05, 4.69) is 15.3 Å². The second-order valence-electron chi connectivity index (χ2n) is 8.29. The fraction of sp³-hybridized carbons (Fsp3) is 0.591. The van der Waals surface area contributed by atoms with Crippen molar-refractivity contribution in [1.29, 1.82) is 0 Å². The van der Waals surface area contributed by atoms with Gasteiger partial charge in [-0.25, -0.2) is 4.98 Å². The third kappa shape index (κ3) is 4.38. The van der Waals surface area contributed by atoms with Crippen LogP contribution in [0.15, 0.2) is 23.6 Å². The lowest BCUT2D eigenvalue weighted by Crippen LogP contribution is -2.51. The molecule has 168 valence electrons. The lowest BCUT2D eigenvalue weighted by molar-refractivity contribution is -0.122. The van der Waals surface area contributed by atoms with Gasteiger partial charge in [0.05, 0.1) is 32.3 Å². The fourth-order valence-electron chi connectivity index (χ4n) is 4.81. The number of anilines is 2. The standard InChI is InChI=1S/C22H31N5O4/c1-13-17-11-18(14-3-8-19(30-2)24-12-14)21(29)27(20(17)26-22(23)25-13)15-4-6-16(7-5-15)31-10-9-28/h3,8,15-16,18,24,28H,4-7,9-12H2,1-2H3,(H2,23,25,26). The molecule has 0 radical (unpaired) electrons. The topological polar surface area (TPSA) is 123 Å². The van der Waals surface area contributed by atoms with Gasteiger partial charge in [0.1, 0.15) is 5.82 Å². The van der Waals surface area contributed by atoms with Gasteiger partial charge in [-0.1, -0.05) is 6.08 Å². The number of ether oxygens (including phenoxy) is 2. The predicted octanol–water partition coefficient (Wildman–Crippen LogP) is 1.21. The van der Waals surface area contributed by atoms with Crippen molar-refractivity contribution in [1.82, 2.24) is 15.3 Å². The zero-order chi connectivity index (χ0) is 22.0. The number of allylic oxidation sites excluding steroid dienone is 2. The maximum atomic E-state index is 13.8.